The van der Waals surface area contributed by atoms with Gasteiger partial charge in [-0.1, -0.05) is 6.07 Å². The number of nitro benzene ring substituents is 1. The Labute approximate surface area is 155 Å². The lowest BCUT2D eigenvalue weighted by Crippen LogP contribution is -2.32. The largest absolute Gasteiger partial charge is 0.465 e. The van der Waals surface area contributed by atoms with Gasteiger partial charge in [0.1, 0.15) is 0 Å². The Morgan fingerprint density at radius 3 is 2.74 bits per heavy atom. The third kappa shape index (κ3) is 3.89. The molecule has 2 aromatic rings. The lowest BCUT2D eigenvalue weighted by atomic mass is 10.1. The van der Waals surface area contributed by atoms with Crippen molar-refractivity contribution in [3.63, 3.8) is 0 Å². The number of nitro groups is 1. The zero-order valence-corrected chi connectivity index (χ0v) is 15.0. The first kappa shape index (κ1) is 18.4. The summed E-state index contributed by atoms with van der Waals surface area (Å²) < 4.78 is 4.70. The molecule has 0 aliphatic carbocycles. The molecule has 2 aromatic carbocycles. The van der Waals surface area contributed by atoms with E-state index in [2.05, 4.69) is 5.32 Å². The molecular weight excluding hydrogens is 350 g/mol. The summed E-state index contributed by atoms with van der Waals surface area (Å²) in [6.07, 6.45) is 0.654. The van der Waals surface area contributed by atoms with E-state index in [9.17, 15) is 19.7 Å². The van der Waals surface area contributed by atoms with Crippen LogP contribution in [0.15, 0.2) is 36.4 Å². The number of fused-ring (bicyclic) bond motifs is 1. The summed E-state index contributed by atoms with van der Waals surface area (Å²) in [5.41, 5.74) is 3.48. The van der Waals surface area contributed by atoms with Crippen LogP contribution in [0, 0.1) is 17.0 Å². The van der Waals surface area contributed by atoms with Crippen molar-refractivity contribution < 1.29 is 19.2 Å². The average Bonchev–Trinajstić information content (AvgIpc) is 3.04. The van der Waals surface area contributed by atoms with Crippen LogP contribution in [-0.4, -0.2) is 37.0 Å². The van der Waals surface area contributed by atoms with E-state index >= 15 is 0 Å². The number of amides is 1. The molecule has 0 unspecified atom stereocenters. The second-order valence-corrected chi connectivity index (χ2v) is 6.31. The third-order valence-corrected chi connectivity index (χ3v) is 4.53. The number of nitrogens with zero attached hydrogens (tertiary/aromatic N) is 2. The number of anilines is 2. The van der Waals surface area contributed by atoms with Crippen LogP contribution in [-0.2, 0) is 16.0 Å². The molecular formula is C19H19N3O5. The fourth-order valence-corrected chi connectivity index (χ4v) is 3.10. The van der Waals surface area contributed by atoms with E-state index in [1.54, 1.807) is 30.3 Å². The van der Waals surface area contributed by atoms with Crippen molar-refractivity contribution in [1.82, 2.24) is 0 Å². The van der Waals surface area contributed by atoms with Gasteiger partial charge in [-0.25, -0.2) is 4.79 Å². The summed E-state index contributed by atoms with van der Waals surface area (Å²) in [4.78, 5) is 36.5. The van der Waals surface area contributed by atoms with Gasteiger partial charge >= 0.3 is 5.97 Å². The normalized spacial score (nSPS) is 12.4. The van der Waals surface area contributed by atoms with Gasteiger partial charge in [-0.05, 0) is 42.7 Å². The minimum atomic E-state index is -0.472. The molecule has 0 atom stereocenters. The number of rotatable bonds is 5. The van der Waals surface area contributed by atoms with E-state index < -0.39 is 10.9 Å². The lowest BCUT2D eigenvalue weighted by Gasteiger charge is -2.19. The molecule has 3 rings (SSSR count). The number of hydrogen-bond donors (Lipinski definition) is 1. The predicted molar refractivity (Wildman–Crippen MR) is 100 cm³/mol. The van der Waals surface area contributed by atoms with Crippen molar-refractivity contribution >= 4 is 28.9 Å². The minimum Gasteiger partial charge on any atom is -0.465 e. The molecule has 8 heteroatoms. The fraction of sp³-hybridized carbons (Fsp3) is 0.263. The van der Waals surface area contributed by atoms with Crippen LogP contribution < -0.4 is 10.2 Å². The number of methoxy groups -OCH3 is 1. The maximum Gasteiger partial charge on any atom is 0.337 e. The SMILES string of the molecule is COC(=O)c1ccc(C)c(NC(=O)CN2CCc3cc([N+](=O)[O-])ccc32)c1. The molecule has 1 aliphatic heterocycles. The quantitative estimate of drug-likeness (QED) is 0.494. The molecule has 140 valence electrons. The number of benzene rings is 2. The van der Waals surface area contributed by atoms with Crippen LogP contribution in [0.1, 0.15) is 21.5 Å². The van der Waals surface area contributed by atoms with Crippen LogP contribution in [0.4, 0.5) is 17.1 Å². The average molecular weight is 369 g/mol. The molecule has 0 spiro atoms. The zero-order chi connectivity index (χ0) is 19.6. The maximum absolute atomic E-state index is 12.5. The van der Waals surface area contributed by atoms with Gasteiger partial charge in [0.25, 0.3) is 5.69 Å². The summed E-state index contributed by atoms with van der Waals surface area (Å²) in [5, 5.41) is 13.7. The summed E-state index contributed by atoms with van der Waals surface area (Å²) in [6.45, 7) is 2.57. The van der Waals surface area contributed by atoms with Crippen molar-refractivity contribution in [2.24, 2.45) is 0 Å². The molecule has 0 radical (unpaired) electrons. The van der Waals surface area contributed by atoms with E-state index in [-0.39, 0.29) is 18.1 Å². The predicted octanol–water partition coefficient (Wildman–Crippen LogP) is 2.69. The van der Waals surface area contributed by atoms with Crippen LogP contribution in [0.5, 0.6) is 0 Å². The molecule has 0 aromatic heterocycles. The van der Waals surface area contributed by atoms with Gasteiger partial charge in [-0.2, -0.15) is 0 Å². The molecule has 0 bridgehead atoms. The third-order valence-electron chi connectivity index (χ3n) is 4.53. The Morgan fingerprint density at radius 1 is 1.26 bits per heavy atom. The highest BCUT2D eigenvalue weighted by Crippen LogP contribution is 2.31. The van der Waals surface area contributed by atoms with Crippen LogP contribution >= 0.6 is 0 Å². The molecule has 1 aliphatic rings. The van der Waals surface area contributed by atoms with E-state index in [0.29, 0.717) is 24.2 Å². The minimum absolute atomic E-state index is 0.0512. The second kappa shape index (κ2) is 7.45. The van der Waals surface area contributed by atoms with Crippen LogP contribution in [0.25, 0.3) is 0 Å². The van der Waals surface area contributed by atoms with Crippen molar-refractivity contribution in [3.8, 4) is 0 Å². The summed E-state index contributed by atoms with van der Waals surface area (Å²) in [5.74, 6) is -0.702. The first-order valence-corrected chi connectivity index (χ1v) is 8.40. The zero-order valence-electron chi connectivity index (χ0n) is 15.0. The molecule has 8 nitrogen and oxygen atoms in total. The molecule has 0 fully saturated rings. The van der Waals surface area contributed by atoms with E-state index in [1.807, 2.05) is 11.8 Å². The number of esters is 1. The van der Waals surface area contributed by atoms with Crippen molar-refractivity contribution in [2.75, 3.05) is 30.4 Å². The number of aryl methyl sites for hydroxylation is 1. The van der Waals surface area contributed by atoms with Crippen molar-refractivity contribution in [3.05, 3.63) is 63.2 Å². The highest BCUT2D eigenvalue weighted by Gasteiger charge is 2.23. The number of carbonyl (C=O) groups is 2. The first-order chi connectivity index (χ1) is 12.9. The lowest BCUT2D eigenvalue weighted by molar-refractivity contribution is -0.384. The topological polar surface area (TPSA) is 102 Å². The van der Waals surface area contributed by atoms with Crippen molar-refractivity contribution in [1.29, 1.82) is 0 Å². The number of nitrogens with one attached hydrogen (secondary N) is 1. The van der Waals surface area contributed by atoms with Gasteiger partial charge in [-0.15, -0.1) is 0 Å². The van der Waals surface area contributed by atoms with Gasteiger partial charge in [0.05, 0.1) is 24.1 Å². The van der Waals surface area contributed by atoms with Gasteiger partial charge in [0, 0.05) is 30.1 Å². The standard InChI is InChI=1S/C19H19N3O5/c1-12-3-4-14(19(24)27-2)10-16(12)20-18(23)11-21-8-7-13-9-15(22(25)26)5-6-17(13)21/h3-6,9-10H,7-8,11H2,1-2H3,(H,20,23). The summed E-state index contributed by atoms with van der Waals surface area (Å²) in [7, 11) is 1.30. The molecule has 0 saturated heterocycles. The second-order valence-electron chi connectivity index (χ2n) is 6.31. The molecule has 0 saturated carbocycles. The smallest absolute Gasteiger partial charge is 0.337 e. The Bertz CT molecular complexity index is 926. The van der Waals surface area contributed by atoms with Crippen molar-refractivity contribution in [2.45, 2.75) is 13.3 Å². The Hall–Kier alpha value is -3.42. The molecule has 1 N–H and O–H groups in total. The number of hydrogen-bond acceptors (Lipinski definition) is 6. The Morgan fingerprint density at radius 2 is 2.04 bits per heavy atom. The van der Waals surface area contributed by atoms with Gasteiger partial charge in [-0.3, -0.25) is 14.9 Å². The number of non-ortho nitro benzene ring substituents is 1. The number of ether oxygens (including phenoxy) is 1. The van der Waals surface area contributed by atoms with Crippen LogP contribution in [0.2, 0.25) is 0 Å². The van der Waals surface area contributed by atoms with Gasteiger partial charge in [0.15, 0.2) is 0 Å². The molecule has 27 heavy (non-hydrogen) atoms. The van der Waals surface area contributed by atoms with Gasteiger partial charge < -0.3 is 15.0 Å². The maximum atomic E-state index is 12.5. The van der Waals surface area contributed by atoms with Gasteiger partial charge in [0.2, 0.25) is 5.91 Å². The number of carbonyl (C=O) groups excluding carboxylic acids is 2. The van der Waals surface area contributed by atoms with E-state index in [0.717, 1.165) is 16.8 Å². The molecule has 1 heterocycles. The monoisotopic (exact) mass is 369 g/mol. The Balaban J connectivity index is 1.71. The van der Waals surface area contributed by atoms with Crippen LogP contribution in [0.3, 0.4) is 0 Å². The van der Waals surface area contributed by atoms with E-state index in [4.69, 9.17) is 4.74 Å². The fourth-order valence-electron chi connectivity index (χ4n) is 3.10. The summed E-state index contributed by atoms with van der Waals surface area (Å²) in [6, 6.07) is 9.64. The van der Waals surface area contributed by atoms with E-state index in [1.165, 1.54) is 13.2 Å². The Kier molecular flexibility index (Phi) is 5.07. The summed E-state index contributed by atoms with van der Waals surface area (Å²) >= 11 is 0. The molecule has 1 amide bonds. The highest BCUT2D eigenvalue weighted by molar-refractivity contribution is 5.97. The highest BCUT2D eigenvalue weighted by atomic mass is 16.6. The first-order valence-electron chi connectivity index (χ1n) is 8.40.